The molecule has 0 aromatic heterocycles. The van der Waals surface area contributed by atoms with E-state index in [4.69, 9.17) is 9.47 Å². The fourth-order valence-electron chi connectivity index (χ4n) is 2.13. The van der Waals surface area contributed by atoms with Gasteiger partial charge in [0.1, 0.15) is 0 Å². The van der Waals surface area contributed by atoms with E-state index in [1.807, 2.05) is 6.07 Å². The summed E-state index contributed by atoms with van der Waals surface area (Å²) < 4.78 is 10.5. The molecule has 0 spiro atoms. The van der Waals surface area contributed by atoms with Crippen molar-refractivity contribution in [2.75, 3.05) is 0 Å². The fraction of sp³-hybridized carbons (Fsp3) is 0.467. The lowest BCUT2D eigenvalue weighted by Gasteiger charge is -2.13. The van der Waals surface area contributed by atoms with Crippen molar-refractivity contribution in [3.05, 3.63) is 34.9 Å². The topological polar surface area (TPSA) is 64.6 Å². The van der Waals surface area contributed by atoms with Gasteiger partial charge in [-0.05, 0) is 43.0 Å². The molecule has 3 rings (SSSR count). The van der Waals surface area contributed by atoms with Gasteiger partial charge in [-0.3, -0.25) is 4.79 Å². The SMILES string of the molecule is C[C@@H](OC(=O)c1ccc2c(c1)COC2)C(=O)NC1CC1. The number of carbonyl (C=O) groups is 2. The lowest BCUT2D eigenvalue weighted by Crippen LogP contribution is -2.37. The van der Waals surface area contributed by atoms with Gasteiger partial charge in [0, 0.05) is 6.04 Å². The Labute approximate surface area is 117 Å². The van der Waals surface area contributed by atoms with Crippen LogP contribution < -0.4 is 5.32 Å². The molecule has 106 valence electrons. The summed E-state index contributed by atoms with van der Waals surface area (Å²) in [4.78, 5) is 23.8. The van der Waals surface area contributed by atoms with Crippen LogP contribution in [0.25, 0.3) is 0 Å². The van der Waals surface area contributed by atoms with Crippen LogP contribution >= 0.6 is 0 Å². The summed E-state index contributed by atoms with van der Waals surface area (Å²) in [6.45, 7) is 2.70. The second-order valence-corrected chi connectivity index (χ2v) is 5.31. The molecule has 0 unspecified atom stereocenters. The van der Waals surface area contributed by atoms with Gasteiger partial charge in [-0.2, -0.15) is 0 Å². The lowest BCUT2D eigenvalue weighted by atomic mass is 10.1. The molecule has 1 saturated carbocycles. The summed E-state index contributed by atoms with van der Waals surface area (Å²) in [6.07, 6.45) is 1.25. The summed E-state index contributed by atoms with van der Waals surface area (Å²) >= 11 is 0. The van der Waals surface area contributed by atoms with Crippen LogP contribution in [0, 0.1) is 0 Å². The smallest absolute Gasteiger partial charge is 0.338 e. The molecule has 0 radical (unpaired) electrons. The van der Waals surface area contributed by atoms with E-state index in [0.29, 0.717) is 18.8 Å². The molecule has 1 aliphatic heterocycles. The van der Waals surface area contributed by atoms with Crippen LogP contribution in [0.5, 0.6) is 0 Å². The standard InChI is InChI=1S/C15H17NO4/c1-9(14(17)16-13-4-5-13)20-15(18)10-2-3-11-7-19-8-12(11)6-10/h2-3,6,9,13H,4-5,7-8H2,1H3,(H,16,17)/t9-/m1/s1. The van der Waals surface area contributed by atoms with E-state index in [0.717, 1.165) is 24.0 Å². The summed E-state index contributed by atoms with van der Waals surface area (Å²) in [5.74, 6) is -0.705. The van der Waals surface area contributed by atoms with Gasteiger partial charge in [0.25, 0.3) is 5.91 Å². The minimum Gasteiger partial charge on any atom is -0.449 e. The molecule has 5 nitrogen and oxygen atoms in total. The zero-order valence-corrected chi connectivity index (χ0v) is 11.3. The van der Waals surface area contributed by atoms with Crippen molar-refractivity contribution in [3.8, 4) is 0 Å². The number of benzene rings is 1. The van der Waals surface area contributed by atoms with Gasteiger partial charge in [-0.1, -0.05) is 6.07 Å². The quantitative estimate of drug-likeness (QED) is 0.847. The van der Waals surface area contributed by atoms with Crippen LogP contribution in [-0.2, 0) is 27.5 Å². The summed E-state index contributed by atoms with van der Waals surface area (Å²) in [5, 5.41) is 2.82. The normalized spacial score (nSPS) is 18.2. The number of carbonyl (C=O) groups excluding carboxylic acids is 2. The molecule has 1 aromatic carbocycles. The Hall–Kier alpha value is -1.88. The van der Waals surface area contributed by atoms with Crippen LogP contribution in [-0.4, -0.2) is 24.0 Å². The summed E-state index contributed by atoms with van der Waals surface area (Å²) in [6, 6.07) is 5.62. The van der Waals surface area contributed by atoms with Gasteiger partial charge in [-0.25, -0.2) is 4.79 Å². The molecular formula is C15H17NO4. The molecular weight excluding hydrogens is 258 g/mol. The monoisotopic (exact) mass is 275 g/mol. The van der Waals surface area contributed by atoms with Crippen molar-refractivity contribution in [3.63, 3.8) is 0 Å². The third-order valence-corrected chi connectivity index (χ3v) is 3.53. The number of nitrogens with one attached hydrogen (secondary N) is 1. The van der Waals surface area contributed by atoms with Crippen LogP contribution in [0.1, 0.15) is 41.3 Å². The van der Waals surface area contributed by atoms with Gasteiger partial charge >= 0.3 is 5.97 Å². The predicted octanol–water partition coefficient (Wildman–Crippen LogP) is 1.54. The Bertz CT molecular complexity index is 551. The molecule has 0 bridgehead atoms. The first-order chi connectivity index (χ1) is 9.63. The van der Waals surface area contributed by atoms with E-state index in [9.17, 15) is 9.59 Å². The van der Waals surface area contributed by atoms with E-state index in [-0.39, 0.29) is 11.9 Å². The van der Waals surface area contributed by atoms with Gasteiger partial charge in [0.2, 0.25) is 0 Å². The number of hydrogen-bond acceptors (Lipinski definition) is 4. The Morgan fingerprint density at radius 1 is 1.30 bits per heavy atom. The lowest BCUT2D eigenvalue weighted by molar-refractivity contribution is -0.129. The highest BCUT2D eigenvalue weighted by Gasteiger charge is 2.27. The second kappa shape index (κ2) is 5.25. The van der Waals surface area contributed by atoms with Crippen molar-refractivity contribution < 1.29 is 19.1 Å². The molecule has 2 aliphatic rings. The first-order valence-electron chi connectivity index (χ1n) is 6.84. The Kier molecular flexibility index (Phi) is 3.44. The number of amides is 1. The first-order valence-corrected chi connectivity index (χ1v) is 6.84. The maximum Gasteiger partial charge on any atom is 0.338 e. The largest absolute Gasteiger partial charge is 0.449 e. The van der Waals surface area contributed by atoms with E-state index in [1.165, 1.54) is 0 Å². The van der Waals surface area contributed by atoms with E-state index in [1.54, 1.807) is 19.1 Å². The molecule has 1 aromatic rings. The van der Waals surface area contributed by atoms with E-state index in [2.05, 4.69) is 5.32 Å². The minimum atomic E-state index is -0.771. The highest BCUT2D eigenvalue weighted by molar-refractivity contribution is 5.92. The summed E-state index contributed by atoms with van der Waals surface area (Å²) in [5.41, 5.74) is 2.57. The first kappa shape index (κ1) is 13.1. The van der Waals surface area contributed by atoms with Crippen molar-refractivity contribution in [2.45, 2.75) is 45.1 Å². The molecule has 0 saturated heterocycles. The number of ether oxygens (including phenoxy) is 2. The number of hydrogen-bond donors (Lipinski definition) is 1. The third-order valence-electron chi connectivity index (χ3n) is 3.53. The average Bonchev–Trinajstić information content (AvgIpc) is 3.12. The Balaban J connectivity index is 1.61. The minimum absolute atomic E-state index is 0.231. The zero-order valence-electron chi connectivity index (χ0n) is 11.3. The van der Waals surface area contributed by atoms with Crippen LogP contribution in [0.3, 0.4) is 0 Å². The Morgan fingerprint density at radius 3 is 2.80 bits per heavy atom. The average molecular weight is 275 g/mol. The third kappa shape index (κ3) is 2.82. The van der Waals surface area contributed by atoms with Crippen LogP contribution in [0.15, 0.2) is 18.2 Å². The van der Waals surface area contributed by atoms with Crippen molar-refractivity contribution in [1.82, 2.24) is 5.32 Å². The summed E-state index contributed by atoms with van der Waals surface area (Å²) in [7, 11) is 0. The second-order valence-electron chi connectivity index (χ2n) is 5.31. The van der Waals surface area contributed by atoms with Crippen molar-refractivity contribution in [1.29, 1.82) is 0 Å². The highest BCUT2D eigenvalue weighted by atomic mass is 16.5. The highest BCUT2D eigenvalue weighted by Crippen LogP contribution is 2.22. The molecule has 1 heterocycles. The number of esters is 1. The van der Waals surface area contributed by atoms with Gasteiger partial charge < -0.3 is 14.8 Å². The molecule has 5 heteroatoms. The molecule has 1 atom stereocenters. The van der Waals surface area contributed by atoms with E-state index >= 15 is 0 Å². The molecule has 1 aliphatic carbocycles. The number of rotatable bonds is 4. The Morgan fingerprint density at radius 2 is 2.05 bits per heavy atom. The van der Waals surface area contributed by atoms with Crippen LogP contribution in [0.4, 0.5) is 0 Å². The predicted molar refractivity (Wildman–Crippen MR) is 71.0 cm³/mol. The maximum atomic E-state index is 12.0. The van der Waals surface area contributed by atoms with Gasteiger partial charge in [-0.15, -0.1) is 0 Å². The molecule has 1 N–H and O–H groups in total. The van der Waals surface area contributed by atoms with Crippen molar-refractivity contribution in [2.24, 2.45) is 0 Å². The molecule has 20 heavy (non-hydrogen) atoms. The molecule has 1 fully saturated rings. The zero-order chi connectivity index (χ0) is 14.1. The number of fused-ring (bicyclic) bond motifs is 1. The van der Waals surface area contributed by atoms with Gasteiger partial charge in [0.05, 0.1) is 18.8 Å². The fourth-order valence-corrected chi connectivity index (χ4v) is 2.13. The van der Waals surface area contributed by atoms with Gasteiger partial charge in [0.15, 0.2) is 6.10 Å². The van der Waals surface area contributed by atoms with Crippen LogP contribution in [0.2, 0.25) is 0 Å². The maximum absolute atomic E-state index is 12.0. The molecule has 1 amide bonds. The van der Waals surface area contributed by atoms with Crippen molar-refractivity contribution >= 4 is 11.9 Å². The van der Waals surface area contributed by atoms with E-state index < -0.39 is 12.1 Å².